The van der Waals surface area contributed by atoms with Crippen molar-refractivity contribution in [1.29, 1.82) is 0 Å². The molecule has 0 aliphatic heterocycles. The molecule has 2 aliphatic carbocycles. The van der Waals surface area contributed by atoms with E-state index in [1.54, 1.807) is 0 Å². The van der Waals surface area contributed by atoms with Crippen LogP contribution in [0.4, 0.5) is 0 Å². The minimum Gasteiger partial charge on any atom is -0.272 e. The Hall–Kier alpha value is -0.570. The third kappa shape index (κ3) is 3.25. The highest BCUT2D eigenvalue weighted by atomic mass is 16.7. The van der Waals surface area contributed by atoms with Crippen LogP contribution in [0, 0.1) is 11.3 Å². The van der Waals surface area contributed by atoms with E-state index in [2.05, 4.69) is 19.3 Å². The quantitative estimate of drug-likeness (QED) is 0.760. The molecule has 0 spiro atoms. The molecule has 2 rings (SSSR count). The third-order valence-electron chi connectivity index (χ3n) is 4.46. The molecule has 0 aromatic rings. The van der Waals surface area contributed by atoms with Gasteiger partial charge in [0.15, 0.2) is 0 Å². The minimum atomic E-state index is -0.146. The second-order valence-corrected chi connectivity index (χ2v) is 6.54. The molecule has 0 unspecified atom stereocenters. The van der Waals surface area contributed by atoms with Crippen molar-refractivity contribution in [2.24, 2.45) is 11.3 Å². The van der Waals surface area contributed by atoms with Gasteiger partial charge in [0.25, 0.3) is 0 Å². The molecule has 0 radical (unpaired) electrons. The molecule has 1 amide bonds. The van der Waals surface area contributed by atoms with Crippen LogP contribution in [0.15, 0.2) is 0 Å². The number of hydrogen-bond donors (Lipinski definition) is 1. The molecule has 2 saturated carbocycles. The molecule has 0 heterocycles. The molecule has 0 aromatic carbocycles. The summed E-state index contributed by atoms with van der Waals surface area (Å²) in [6.45, 7) is 4.40. The summed E-state index contributed by atoms with van der Waals surface area (Å²) < 4.78 is 0. The minimum absolute atomic E-state index is 0.139. The summed E-state index contributed by atoms with van der Waals surface area (Å²) in [5, 5.41) is 0. The fourth-order valence-corrected chi connectivity index (χ4v) is 3.61. The Morgan fingerprint density at radius 1 is 1.22 bits per heavy atom. The first-order valence-corrected chi connectivity index (χ1v) is 7.58. The Labute approximate surface area is 111 Å². The van der Waals surface area contributed by atoms with Gasteiger partial charge in [-0.15, -0.1) is 0 Å². The number of hydrogen-bond acceptors (Lipinski definition) is 2. The molecule has 0 atom stereocenters. The molecule has 0 aromatic heterocycles. The maximum absolute atomic E-state index is 12.4. The smallest absolute Gasteiger partial charge is 0.249 e. The zero-order chi connectivity index (χ0) is 13.0. The monoisotopic (exact) mass is 253 g/mol. The van der Waals surface area contributed by atoms with Crippen molar-refractivity contribution in [3.05, 3.63) is 0 Å². The predicted molar refractivity (Wildman–Crippen MR) is 71.8 cm³/mol. The molecule has 18 heavy (non-hydrogen) atoms. The summed E-state index contributed by atoms with van der Waals surface area (Å²) in [4.78, 5) is 18.0. The molecule has 3 nitrogen and oxygen atoms in total. The van der Waals surface area contributed by atoms with E-state index >= 15 is 0 Å². The molecular weight excluding hydrogens is 226 g/mol. The lowest BCUT2D eigenvalue weighted by molar-refractivity contribution is -0.149. The highest BCUT2D eigenvalue weighted by molar-refractivity contribution is 5.82. The molecular formula is C15H27NO2. The van der Waals surface area contributed by atoms with E-state index in [4.69, 9.17) is 4.84 Å². The van der Waals surface area contributed by atoms with E-state index in [0.717, 1.165) is 32.1 Å². The van der Waals surface area contributed by atoms with Gasteiger partial charge in [0.1, 0.15) is 0 Å². The summed E-state index contributed by atoms with van der Waals surface area (Å²) in [5.41, 5.74) is 2.63. The summed E-state index contributed by atoms with van der Waals surface area (Å²) >= 11 is 0. The van der Waals surface area contributed by atoms with Crippen LogP contribution in [0.3, 0.4) is 0 Å². The Kier molecular flexibility index (Phi) is 4.66. The van der Waals surface area contributed by atoms with Crippen LogP contribution in [0.25, 0.3) is 0 Å². The molecule has 104 valence electrons. The summed E-state index contributed by atoms with van der Waals surface area (Å²) in [6, 6.07) is 0. The van der Waals surface area contributed by atoms with Gasteiger partial charge in [0, 0.05) is 0 Å². The number of carbonyl (C=O) groups excluding carboxylic acids is 1. The van der Waals surface area contributed by atoms with Gasteiger partial charge < -0.3 is 0 Å². The summed E-state index contributed by atoms with van der Waals surface area (Å²) in [5.74, 6) is 0.709. The Morgan fingerprint density at radius 3 is 2.39 bits per heavy atom. The van der Waals surface area contributed by atoms with E-state index in [1.807, 2.05) is 0 Å². The highest BCUT2D eigenvalue weighted by Gasteiger charge is 2.41. The molecule has 2 aliphatic rings. The maximum Gasteiger partial charge on any atom is 0.249 e. The first-order chi connectivity index (χ1) is 8.62. The lowest BCUT2D eigenvalue weighted by Gasteiger charge is -2.29. The molecule has 2 fully saturated rings. The SMILES string of the molecule is CC(C)CC1(C(=O)NOC2CCCC2)CCCC1. The fourth-order valence-electron chi connectivity index (χ4n) is 3.61. The standard InChI is InChI=1S/C15H27NO2/c1-12(2)11-15(9-5-6-10-15)14(17)16-18-13-7-3-4-8-13/h12-13H,3-11H2,1-2H3,(H,16,17). The number of carbonyl (C=O) groups is 1. The van der Waals surface area contributed by atoms with Crippen LogP contribution in [0.2, 0.25) is 0 Å². The summed E-state index contributed by atoms with van der Waals surface area (Å²) in [7, 11) is 0. The molecule has 0 saturated heterocycles. The van der Waals surface area contributed by atoms with Crippen LogP contribution >= 0.6 is 0 Å². The number of amides is 1. The number of hydroxylamine groups is 1. The average molecular weight is 253 g/mol. The van der Waals surface area contributed by atoms with Crippen LogP contribution in [-0.2, 0) is 9.63 Å². The zero-order valence-corrected chi connectivity index (χ0v) is 11.8. The lowest BCUT2D eigenvalue weighted by Crippen LogP contribution is -2.41. The van der Waals surface area contributed by atoms with Crippen molar-refractivity contribution in [3.8, 4) is 0 Å². The van der Waals surface area contributed by atoms with E-state index in [9.17, 15) is 4.79 Å². The van der Waals surface area contributed by atoms with Gasteiger partial charge >= 0.3 is 0 Å². The molecule has 0 bridgehead atoms. The van der Waals surface area contributed by atoms with Crippen LogP contribution in [0.5, 0.6) is 0 Å². The van der Waals surface area contributed by atoms with Crippen molar-refractivity contribution in [2.45, 2.75) is 77.7 Å². The van der Waals surface area contributed by atoms with Crippen molar-refractivity contribution < 1.29 is 9.63 Å². The Morgan fingerprint density at radius 2 is 1.83 bits per heavy atom. The first kappa shape index (κ1) is 13.9. The van der Waals surface area contributed by atoms with Gasteiger partial charge in [-0.1, -0.05) is 39.5 Å². The molecule has 1 N–H and O–H groups in total. The van der Waals surface area contributed by atoms with Crippen molar-refractivity contribution >= 4 is 5.91 Å². The third-order valence-corrected chi connectivity index (χ3v) is 4.46. The van der Waals surface area contributed by atoms with Gasteiger partial charge in [-0.25, -0.2) is 5.48 Å². The van der Waals surface area contributed by atoms with Crippen molar-refractivity contribution in [3.63, 3.8) is 0 Å². The summed E-state index contributed by atoms with van der Waals surface area (Å²) in [6.07, 6.45) is 10.3. The fraction of sp³-hybridized carbons (Fsp3) is 0.933. The van der Waals surface area contributed by atoms with Crippen molar-refractivity contribution in [2.75, 3.05) is 0 Å². The number of nitrogens with one attached hydrogen (secondary N) is 1. The van der Waals surface area contributed by atoms with E-state index < -0.39 is 0 Å². The Bertz CT molecular complexity index is 276. The second kappa shape index (κ2) is 6.05. The van der Waals surface area contributed by atoms with E-state index in [-0.39, 0.29) is 17.4 Å². The van der Waals surface area contributed by atoms with Crippen LogP contribution in [0.1, 0.15) is 71.6 Å². The maximum atomic E-state index is 12.4. The Balaban J connectivity index is 1.87. The van der Waals surface area contributed by atoms with E-state index in [1.165, 1.54) is 25.7 Å². The van der Waals surface area contributed by atoms with Gasteiger partial charge in [-0.2, -0.15) is 0 Å². The first-order valence-electron chi connectivity index (χ1n) is 7.58. The average Bonchev–Trinajstić information content (AvgIpc) is 2.96. The van der Waals surface area contributed by atoms with E-state index in [0.29, 0.717) is 5.92 Å². The second-order valence-electron chi connectivity index (χ2n) is 6.54. The predicted octanol–water partition coefficient (Wildman–Crippen LogP) is 3.58. The van der Waals surface area contributed by atoms with Gasteiger partial charge in [0.2, 0.25) is 5.91 Å². The number of rotatable bonds is 5. The largest absolute Gasteiger partial charge is 0.272 e. The lowest BCUT2D eigenvalue weighted by atomic mass is 9.78. The van der Waals surface area contributed by atoms with Gasteiger partial charge in [-0.3, -0.25) is 9.63 Å². The van der Waals surface area contributed by atoms with Gasteiger partial charge in [-0.05, 0) is 38.0 Å². The van der Waals surface area contributed by atoms with Crippen LogP contribution < -0.4 is 5.48 Å². The highest BCUT2D eigenvalue weighted by Crippen LogP contribution is 2.43. The molecule has 3 heteroatoms. The normalized spacial score (nSPS) is 23.7. The van der Waals surface area contributed by atoms with Crippen LogP contribution in [-0.4, -0.2) is 12.0 Å². The van der Waals surface area contributed by atoms with Gasteiger partial charge in [0.05, 0.1) is 11.5 Å². The van der Waals surface area contributed by atoms with Crippen molar-refractivity contribution in [1.82, 2.24) is 5.48 Å². The topological polar surface area (TPSA) is 38.3 Å². The zero-order valence-electron chi connectivity index (χ0n) is 11.8.